The normalized spacial score (nSPS) is 12.4. The van der Waals surface area contributed by atoms with Crippen LogP contribution in [0.15, 0.2) is 58.0 Å². The number of furan rings is 1. The summed E-state index contributed by atoms with van der Waals surface area (Å²) in [6.45, 7) is 8.11. The third-order valence-corrected chi connectivity index (χ3v) is 3.63. The molecule has 1 aromatic rings. The molecule has 0 saturated carbocycles. The second-order valence-corrected chi connectivity index (χ2v) is 6.06. The van der Waals surface area contributed by atoms with E-state index in [-0.39, 0.29) is 5.78 Å². The second-order valence-electron chi connectivity index (χ2n) is 6.06. The van der Waals surface area contributed by atoms with Gasteiger partial charge in [-0.3, -0.25) is 4.79 Å². The molecule has 22 heavy (non-hydrogen) atoms. The molecule has 0 N–H and O–H groups in total. The van der Waals surface area contributed by atoms with Crippen molar-refractivity contribution >= 4 is 5.78 Å². The first kappa shape index (κ1) is 18.2. The van der Waals surface area contributed by atoms with Gasteiger partial charge in [-0.15, -0.1) is 0 Å². The molecule has 0 fully saturated rings. The van der Waals surface area contributed by atoms with Gasteiger partial charge in [0, 0.05) is 6.42 Å². The molecule has 0 bridgehead atoms. The molecule has 0 aliphatic carbocycles. The lowest BCUT2D eigenvalue weighted by atomic mass is 10.0. The first-order chi connectivity index (χ1) is 10.5. The lowest BCUT2D eigenvalue weighted by Gasteiger charge is -2.01. The molecular weight excluding hydrogens is 272 g/mol. The van der Waals surface area contributed by atoms with Gasteiger partial charge in [0.2, 0.25) is 0 Å². The number of rotatable bonds is 9. The second kappa shape index (κ2) is 9.99. The number of hydrogen-bond donors (Lipinski definition) is 0. The molecule has 0 aromatic carbocycles. The number of ketones is 1. The molecule has 1 aromatic heterocycles. The average molecular weight is 300 g/mol. The summed E-state index contributed by atoms with van der Waals surface area (Å²) >= 11 is 0. The van der Waals surface area contributed by atoms with E-state index >= 15 is 0 Å². The van der Waals surface area contributed by atoms with Crippen LogP contribution in [-0.4, -0.2) is 5.78 Å². The summed E-state index contributed by atoms with van der Waals surface area (Å²) in [6, 6.07) is 2.01. The molecule has 0 aliphatic heterocycles. The van der Waals surface area contributed by atoms with E-state index in [1.54, 1.807) is 12.5 Å². The number of carbonyl (C=O) groups excluding carboxylic acids is 1. The highest BCUT2D eigenvalue weighted by Gasteiger charge is 2.01. The molecule has 0 unspecified atom stereocenters. The maximum Gasteiger partial charge on any atom is 0.162 e. The molecule has 0 saturated heterocycles. The van der Waals surface area contributed by atoms with Crippen LogP contribution in [0, 0.1) is 0 Å². The van der Waals surface area contributed by atoms with Crippen LogP contribution in [0.1, 0.15) is 58.9 Å². The van der Waals surface area contributed by atoms with Crippen molar-refractivity contribution in [3.63, 3.8) is 0 Å². The lowest BCUT2D eigenvalue weighted by Crippen LogP contribution is -1.97. The topological polar surface area (TPSA) is 30.2 Å². The molecule has 0 amide bonds. The van der Waals surface area contributed by atoms with Crippen molar-refractivity contribution in [3.05, 3.63) is 59.1 Å². The first-order valence-corrected chi connectivity index (χ1v) is 7.99. The summed E-state index contributed by atoms with van der Waals surface area (Å²) in [5.41, 5.74) is 4.69. The van der Waals surface area contributed by atoms with Crippen LogP contribution in [0.25, 0.3) is 0 Å². The summed E-state index contributed by atoms with van der Waals surface area (Å²) in [5, 5.41) is 0. The Hall–Kier alpha value is -1.83. The predicted molar refractivity (Wildman–Crippen MR) is 92.8 cm³/mol. The molecule has 0 spiro atoms. The lowest BCUT2D eigenvalue weighted by molar-refractivity contribution is -0.114. The zero-order valence-corrected chi connectivity index (χ0v) is 14.3. The Morgan fingerprint density at radius 3 is 2.50 bits per heavy atom. The fraction of sp³-hybridized carbons (Fsp3) is 0.450. The number of aryl methyl sites for hydroxylation is 1. The van der Waals surface area contributed by atoms with E-state index in [1.807, 2.05) is 32.9 Å². The van der Waals surface area contributed by atoms with E-state index < -0.39 is 0 Å². The smallest absolute Gasteiger partial charge is 0.162 e. The molecular formula is C20H28O2. The summed E-state index contributed by atoms with van der Waals surface area (Å²) in [5.74, 6) is 0.225. The predicted octanol–water partition coefficient (Wildman–Crippen LogP) is 5.81. The van der Waals surface area contributed by atoms with Gasteiger partial charge >= 0.3 is 0 Å². The summed E-state index contributed by atoms with van der Waals surface area (Å²) in [4.78, 5) is 11.9. The third-order valence-electron chi connectivity index (χ3n) is 3.63. The Morgan fingerprint density at radius 1 is 1.09 bits per heavy atom. The van der Waals surface area contributed by atoms with Gasteiger partial charge in [-0.2, -0.15) is 0 Å². The van der Waals surface area contributed by atoms with Crippen molar-refractivity contribution in [1.82, 2.24) is 0 Å². The van der Waals surface area contributed by atoms with Crippen LogP contribution in [0.2, 0.25) is 0 Å². The summed E-state index contributed by atoms with van der Waals surface area (Å²) in [7, 11) is 0. The number of hydrogen-bond acceptors (Lipinski definition) is 2. The molecule has 2 heteroatoms. The van der Waals surface area contributed by atoms with Crippen LogP contribution in [-0.2, 0) is 11.2 Å². The first-order valence-electron chi connectivity index (χ1n) is 7.99. The van der Waals surface area contributed by atoms with Gasteiger partial charge in [0.15, 0.2) is 5.78 Å². The van der Waals surface area contributed by atoms with Gasteiger partial charge in [-0.25, -0.2) is 0 Å². The van der Waals surface area contributed by atoms with Gasteiger partial charge in [-0.05, 0) is 70.6 Å². The van der Waals surface area contributed by atoms with Crippen LogP contribution in [0.4, 0.5) is 0 Å². The van der Waals surface area contributed by atoms with E-state index in [1.165, 1.54) is 16.7 Å². The molecule has 0 radical (unpaired) electrons. The monoisotopic (exact) mass is 300 g/mol. The summed E-state index contributed by atoms with van der Waals surface area (Å²) in [6.07, 6.45) is 14.4. The SMILES string of the molecule is CC(C)=CCC(=O)/C(C)=C/CC/C(C)=C/CCc1ccoc1. The Bertz CT molecular complexity index is 538. The minimum Gasteiger partial charge on any atom is -0.472 e. The Balaban J connectivity index is 2.30. The summed E-state index contributed by atoms with van der Waals surface area (Å²) < 4.78 is 5.06. The van der Waals surface area contributed by atoms with Crippen LogP contribution in [0.5, 0.6) is 0 Å². The largest absolute Gasteiger partial charge is 0.472 e. The maximum atomic E-state index is 11.9. The highest BCUT2D eigenvalue weighted by Crippen LogP contribution is 2.11. The highest BCUT2D eigenvalue weighted by molar-refractivity contribution is 5.95. The standard InChI is InChI=1S/C20H28O2/c1-16(2)11-12-20(21)18(4)9-5-7-17(3)8-6-10-19-13-14-22-15-19/h8-9,11,13-15H,5-7,10,12H2,1-4H3/b17-8+,18-9+. The van der Waals surface area contributed by atoms with Crippen molar-refractivity contribution in [1.29, 1.82) is 0 Å². The molecule has 120 valence electrons. The number of Topliss-reactive ketones (excluding diaryl/α,β-unsaturated/α-hetero) is 1. The molecule has 0 aliphatic rings. The van der Waals surface area contributed by atoms with E-state index in [2.05, 4.69) is 19.1 Å². The Labute approximate surface area is 134 Å². The van der Waals surface area contributed by atoms with Crippen LogP contribution < -0.4 is 0 Å². The number of carbonyl (C=O) groups is 1. The van der Waals surface area contributed by atoms with Crippen molar-refractivity contribution in [2.24, 2.45) is 0 Å². The van der Waals surface area contributed by atoms with Gasteiger partial charge in [0.25, 0.3) is 0 Å². The quantitative estimate of drug-likeness (QED) is 0.425. The van der Waals surface area contributed by atoms with E-state index in [0.29, 0.717) is 6.42 Å². The van der Waals surface area contributed by atoms with Gasteiger partial charge in [0.1, 0.15) is 0 Å². The van der Waals surface area contributed by atoms with Crippen molar-refractivity contribution < 1.29 is 9.21 Å². The zero-order chi connectivity index (χ0) is 16.4. The molecule has 1 heterocycles. The van der Waals surface area contributed by atoms with Crippen molar-refractivity contribution in [3.8, 4) is 0 Å². The fourth-order valence-electron chi connectivity index (χ4n) is 2.11. The minimum atomic E-state index is 0.225. The van der Waals surface area contributed by atoms with E-state index in [0.717, 1.165) is 31.3 Å². The highest BCUT2D eigenvalue weighted by atomic mass is 16.3. The Morgan fingerprint density at radius 2 is 1.86 bits per heavy atom. The van der Waals surface area contributed by atoms with Gasteiger partial charge in [-0.1, -0.05) is 29.4 Å². The van der Waals surface area contributed by atoms with Gasteiger partial charge < -0.3 is 4.42 Å². The van der Waals surface area contributed by atoms with Crippen LogP contribution in [0.3, 0.4) is 0 Å². The number of allylic oxidation sites excluding steroid dienone is 6. The average Bonchev–Trinajstić information content (AvgIpc) is 2.97. The Kier molecular flexibility index (Phi) is 8.27. The molecule has 2 nitrogen and oxygen atoms in total. The van der Waals surface area contributed by atoms with Gasteiger partial charge in [0.05, 0.1) is 12.5 Å². The molecule has 1 rings (SSSR count). The zero-order valence-electron chi connectivity index (χ0n) is 14.3. The third kappa shape index (κ3) is 7.82. The van der Waals surface area contributed by atoms with E-state index in [4.69, 9.17) is 4.42 Å². The minimum absolute atomic E-state index is 0.225. The van der Waals surface area contributed by atoms with E-state index in [9.17, 15) is 4.79 Å². The van der Waals surface area contributed by atoms with Crippen molar-refractivity contribution in [2.45, 2.75) is 59.8 Å². The maximum absolute atomic E-state index is 11.9. The van der Waals surface area contributed by atoms with Crippen molar-refractivity contribution in [2.75, 3.05) is 0 Å². The molecule has 0 atom stereocenters. The van der Waals surface area contributed by atoms with Crippen LogP contribution >= 0.6 is 0 Å². The fourth-order valence-corrected chi connectivity index (χ4v) is 2.11.